The van der Waals surface area contributed by atoms with Crippen LogP contribution in [-0.4, -0.2) is 42.7 Å². The van der Waals surface area contributed by atoms with E-state index < -0.39 is 5.97 Å². The van der Waals surface area contributed by atoms with E-state index in [2.05, 4.69) is 5.32 Å². The standard InChI is InChI=1S/C13H17ClN2O4/c1-16(7-3-4-12(17)18)13(19)15-9-5-6-10(14)11(8-9)20-2/h5-6,8H,3-4,7H2,1-2H3,(H,15,19)(H,17,18). The van der Waals surface area contributed by atoms with Crippen molar-refractivity contribution < 1.29 is 19.4 Å². The van der Waals surface area contributed by atoms with Crippen LogP contribution >= 0.6 is 11.6 Å². The number of amides is 2. The first-order chi connectivity index (χ1) is 9.43. The Morgan fingerprint density at radius 3 is 2.75 bits per heavy atom. The monoisotopic (exact) mass is 300 g/mol. The summed E-state index contributed by atoms with van der Waals surface area (Å²) in [5, 5.41) is 11.7. The molecule has 110 valence electrons. The lowest BCUT2D eigenvalue weighted by molar-refractivity contribution is -0.137. The molecule has 0 heterocycles. The molecule has 0 aromatic heterocycles. The molecule has 2 amide bonds. The number of carboxylic acids is 1. The SMILES string of the molecule is COc1cc(NC(=O)N(C)CCCC(=O)O)ccc1Cl. The van der Waals surface area contributed by atoms with Crippen molar-refractivity contribution in [3.05, 3.63) is 23.2 Å². The lowest BCUT2D eigenvalue weighted by Gasteiger charge is -2.17. The minimum absolute atomic E-state index is 0.0341. The molecular formula is C13H17ClN2O4. The number of ether oxygens (including phenoxy) is 1. The van der Waals surface area contributed by atoms with Gasteiger partial charge in [0.25, 0.3) is 0 Å². The maximum atomic E-state index is 11.9. The van der Waals surface area contributed by atoms with Gasteiger partial charge in [-0.25, -0.2) is 4.79 Å². The molecule has 0 aliphatic carbocycles. The van der Waals surface area contributed by atoms with E-state index in [1.807, 2.05) is 0 Å². The summed E-state index contributed by atoms with van der Waals surface area (Å²) in [4.78, 5) is 23.7. The number of nitrogens with zero attached hydrogens (tertiary/aromatic N) is 1. The number of urea groups is 1. The van der Waals surface area contributed by atoms with Gasteiger partial charge < -0.3 is 20.1 Å². The number of aliphatic carboxylic acids is 1. The van der Waals surface area contributed by atoms with E-state index in [4.69, 9.17) is 21.4 Å². The molecule has 0 saturated heterocycles. The van der Waals surface area contributed by atoms with Crippen molar-refractivity contribution in [2.75, 3.05) is 26.0 Å². The predicted octanol–water partition coefficient (Wildman–Crippen LogP) is 2.68. The van der Waals surface area contributed by atoms with Crippen LogP contribution in [0.1, 0.15) is 12.8 Å². The van der Waals surface area contributed by atoms with Crippen LogP contribution in [-0.2, 0) is 4.79 Å². The Bertz CT molecular complexity index is 493. The molecule has 0 spiro atoms. The quantitative estimate of drug-likeness (QED) is 0.846. The van der Waals surface area contributed by atoms with Crippen molar-refractivity contribution in [1.29, 1.82) is 0 Å². The van der Waals surface area contributed by atoms with Gasteiger partial charge in [0.2, 0.25) is 0 Å². The van der Waals surface area contributed by atoms with Crippen molar-refractivity contribution >= 4 is 29.3 Å². The van der Waals surface area contributed by atoms with Crippen LogP contribution in [0.5, 0.6) is 5.75 Å². The molecule has 0 atom stereocenters. The van der Waals surface area contributed by atoms with Crippen molar-refractivity contribution in [2.24, 2.45) is 0 Å². The van der Waals surface area contributed by atoms with E-state index in [9.17, 15) is 9.59 Å². The van der Waals surface area contributed by atoms with E-state index in [0.717, 1.165) is 0 Å². The first-order valence-corrected chi connectivity index (χ1v) is 6.39. The average molecular weight is 301 g/mol. The molecule has 0 aliphatic rings. The van der Waals surface area contributed by atoms with Gasteiger partial charge in [-0.3, -0.25) is 4.79 Å². The van der Waals surface area contributed by atoms with Crippen LogP contribution < -0.4 is 10.1 Å². The Balaban J connectivity index is 2.54. The Hall–Kier alpha value is -1.95. The van der Waals surface area contributed by atoms with Gasteiger partial charge in [-0.2, -0.15) is 0 Å². The molecule has 6 nitrogen and oxygen atoms in total. The number of carbonyl (C=O) groups excluding carboxylic acids is 1. The van der Waals surface area contributed by atoms with Gasteiger partial charge >= 0.3 is 12.0 Å². The number of carbonyl (C=O) groups is 2. The Labute approximate surface area is 122 Å². The number of hydrogen-bond donors (Lipinski definition) is 2. The largest absolute Gasteiger partial charge is 0.495 e. The highest BCUT2D eigenvalue weighted by molar-refractivity contribution is 6.32. The zero-order valence-corrected chi connectivity index (χ0v) is 12.1. The second-order valence-corrected chi connectivity index (χ2v) is 4.61. The smallest absolute Gasteiger partial charge is 0.321 e. The maximum absolute atomic E-state index is 11.9. The zero-order chi connectivity index (χ0) is 15.1. The normalized spacial score (nSPS) is 9.95. The van der Waals surface area contributed by atoms with Crippen molar-refractivity contribution in [3.63, 3.8) is 0 Å². The van der Waals surface area contributed by atoms with Gasteiger partial charge in [0.05, 0.1) is 12.1 Å². The van der Waals surface area contributed by atoms with Crippen molar-refractivity contribution in [2.45, 2.75) is 12.8 Å². The molecule has 20 heavy (non-hydrogen) atoms. The average Bonchev–Trinajstić information content (AvgIpc) is 2.40. The summed E-state index contributed by atoms with van der Waals surface area (Å²) >= 11 is 5.89. The fraction of sp³-hybridized carbons (Fsp3) is 0.385. The lowest BCUT2D eigenvalue weighted by atomic mass is 10.3. The molecule has 1 aromatic rings. The van der Waals surface area contributed by atoms with Gasteiger partial charge in [-0.05, 0) is 18.6 Å². The lowest BCUT2D eigenvalue weighted by Crippen LogP contribution is -2.32. The van der Waals surface area contributed by atoms with E-state index in [1.54, 1.807) is 25.2 Å². The fourth-order valence-electron chi connectivity index (χ4n) is 1.53. The molecule has 1 rings (SSSR count). The number of carboxylic acid groups (broad SMARTS) is 1. The van der Waals surface area contributed by atoms with Crippen LogP contribution in [0, 0.1) is 0 Å². The van der Waals surface area contributed by atoms with Crippen molar-refractivity contribution in [3.8, 4) is 5.75 Å². The first-order valence-electron chi connectivity index (χ1n) is 6.01. The minimum atomic E-state index is -0.874. The highest BCUT2D eigenvalue weighted by Gasteiger charge is 2.10. The third-order valence-corrected chi connectivity index (χ3v) is 2.95. The second kappa shape index (κ2) is 7.59. The van der Waals surface area contributed by atoms with Crippen LogP contribution in [0.25, 0.3) is 0 Å². The van der Waals surface area contributed by atoms with Crippen LogP contribution in [0.4, 0.5) is 10.5 Å². The Kier molecular flexibility index (Phi) is 6.11. The third-order valence-electron chi connectivity index (χ3n) is 2.63. The van der Waals surface area contributed by atoms with Crippen molar-refractivity contribution in [1.82, 2.24) is 4.90 Å². The molecule has 1 aromatic carbocycles. The fourth-order valence-corrected chi connectivity index (χ4v) is 1.72. The summed E-state index contributed by atoms with van der Waals surface area (Å²) in [6.45, 7) is 0.364. The second-order valence-electron chi connectivity index (χ2n) is 4.20. The molecule has 0 saturated carbocycles. The zero-order valence-electron chi connectivity index (χ0n) is 11.4. The molecule has 7 heteroatoms. The highest BCUT2D eigenvalue weighted by Crippen LogP contribution is 2.27. The van der Waals surface area contributed by atoms with E-state index in [0.29, 0.717) is 29.4 Å². The molecule has 0 unspecified atom stereocenters. The number of halogens is 1. The molecule has 0 bridgehead atoms. The molecule has 0 aliphatic heterocycles. The maximum Gasteiger partial charge on any atom is 0.321 e. The van der Waals surface area contributed by atoms with Gasteiger partial charge in [0.1, 0.15) is 5.75 Å². The number of hydrogen-bond acceptors (Lipinski definition) is 3. The predicted molar refractivity (Wildman–Crippen MR) is 76.5 cm³/mol. The minimum Gasteiger partial charge on any atom is -0.495 e. The summed E-state index contributed by atoms with van der Waals surface area (Å²) in [5.41, 5.74) is 0.557. The molecular weight excluding hydrogens is 284 g/mol. The number of rotatable bonds is 6. The van der Waals surface area contributed by atoms with Gasteiger partial charge in [0.15, 0.2) is 0 Å². The first kappa shape index (κ1) is 16.1. The molecule has 0 fully saturated rings. The van der Waals surface area contributed by atoms with E-state index >= 15 is 0 Å². The van der Waals surface area contributed by atoms with Crippen LogP contribution in [0.2, 0.25) is 5.02 Å². The summed E-state index contributed by atoms with van der Waals surface area (Å²) < 4.78 is 5.06. The molecule has 2 N–H and O–H groups in total. The number of benzene rings is 1. The number of nitrogens with one attached hydrogen (secondary N) is 1. The number of anilines is 1. The molecule has 0 radical (unpaired) electrons. The topological polar surface area (TPSA) is 78.9 Å². The van der Waals surface area contributed by atoms with Crippen LogP contribution in [0.15, 0.2) is 18.2 Å². The van der Waals surface area contributed by atoms with Gasteiger partial charge in [-0.15, -0.1) is 0 Å². The van der Waals surface area contributed by atoms with Gasteiger partial charge in [-0.1, -0.05) is 11.6 Å². The number of methoxy groups -OCH3 is 1. The summed E-state index contributed by atoms with van der Waals surface area (Å²) in [5.74, 6) is -0.403. The van der Waals surface area contributed by atoms with Gasteiger partial charge in [0, 0.05) is 31.8 Å². The summed E-state index contributed by atoms with van der Waals surface area (Å²) in [6, 6.07) is 4.58. The van der Waals surface area contributed by atoms with E-state index in [1.165, 1.54) is 12.0 Å². The summed E-state index contributed by atoms with van der Waals surface area (Å²) in [6.07, 6.45) is 0.440. The van der Waals surface area contributed by atoms with E-state index in [-0.39, 0.29) is 12.5 Å². The van der Waals surface area contributed by atoms with Crippen LogP contribution in [0.3, 0.4) is 0 Å². The Morgan fingerprint density at radius 1 is 1.45 bits per heavy atom. The summed E-state index contributed by atoms with van der Waals surface area (Å²) in [7, 11) is 3.09. The third kappa shape index (κ3) is 4.97. The Morgan fingerprint density at radius 2 is 2.15 bits per heavy atom. The highest BCUT2D eigenvalue weighted by atomic mass is 35.5.